The highest BCUT2D eigenvalue weighted by atomic mass is 16.3. The van der Waals surface area contributed by atoms with E-state index < -0.39 is 0 Å². The smallest absolute Gasteiger partial charge is 0.155 e. The molecule has 6 atom stereocenters. The Labute approximate surface area is 134 Å². The fourth-order valence-corrected chi connectivity index (χ4v) is 6.97. The van der Waals surface area contributed by atoms with E-state index in [1.165, 1.54) is 37.7 Å². The normalized spacial score (nSPS) is 50.9. The first-order valence-electron chi connectivity index (χ1n) is 9.34. The number of fused-ring (bicyclic) bond motifs is 5. The predicted molar refractivity (Wildman–Crippen MR) is 87.3 cm³/mol. The first-order chi connectivity index (χ1) is 10.5. The van der Waals surface area contributed by atoms with Crippen molar-refractivity contribution in [2.75, 3.05) is 6.61 Å². The Balaban J connectivity index is 1.67. The Morgan fingerprint density at radius 1 is 1.09 bits per heavy atom. The number of carbonyl (C=O) groups excluding carboxylic acids is 1. The van der Waals surface area contributed by atoms with Crippen molar-refractivity contribution >= 4 is 5.78 Å². The second-order valence-corrected chi connectivity index (χ2v) is 8.97. The molecule has 0 amide bonds. The van der Waals surface area contributed by atoms with E-state index in [4.69, 9.17) is 0 Å². The molecule has 1 unspecified atom stereocenters. The third-order valence-corrected chi connectivity index (χ3v) is 8.38. The summed E-state index contributed by atoms with van der Waals surface area (Å²) in [6.07, 6.45) is 11.4. The summed E-state index contributed by atoms with van der Waals surface area (Å²) in [5, 5.41) is 9.79. The second kappa shape index (κ2) is 4.93. The van der Waals surface area contributed by atoms with E-state index >= 15 is 0 Å². The molecule has 4 aliphatic carbocycles. The van der Waals surface area contributed by atoms with Gasteiger partial charge in [0, 0.05) is 13.0 Å². The molecule has 0 aromatic rings. The highest BCUT2D eigenvalue weighted by Crippen LogP contribution is 2.66. The van der Waals surface area contributed by atoms with E-state index in [-0.39, 0.29) is 5.41 Å². The van der Waals surface area contributed by atoms with Crippen molar-refractivity contribution in [1.82, 2.24) is 0 Å². The van der Waals surface area contributed by atoms with Crippen LogP contribution in [0.1, 0.15) is 65.2 Å². The molecule has 3 saturated carbocycles. The minimum absolute atomic E-state index is 0.287. The minimum atomic E-state index is 0.287. The number of aliphatic hydroxyl groups is 1. The number of rotatable bonds is 1. The van der Waals surface area contributed by atoms with Gasteiger partial charge in [0.05, 0.1) is 0 Å². The van der Waals surface area contributed by atoms with Gasteiger partial charge in [-0.05, 0) is 85.5 Å². The molecule has 0 bridgehead atoms. The van der Waals surface area contributed by atoms with Crippen LogP contribution in [0, 0.1) is 34.5 Å². The van der Waals surface area contributed by atoms with Crippen molar-refractivity contribution in [2.24, 2.45) is 34.5 Å². The van der Waals surface area contributed by atoms with E-state index in [1.54, 1.807) is 0 Å². The molecule has 1 N–H and O–H groups in total. The molecule has 3 fully saturated rings. The zero-order chi connectivity index (χ0) is 15.5. The van der Waals surface area contributed by atoms with E-state index in [2.05, 4.69) is 13.8 Å². The van der Waals surface area contributed by atoms with E-state index in [0.29, 0.717) is 23.7 Å². The van der Waals surface area contributed by atoms with Gasteiger partial charge in [0.25, 0.3) is 0 Å². The third-order valence-electron chi connectivity index (χ3n) is 8.38. The van der Waals surface area contributed by atoms with E-state index in [9.17, 15) is 9.90 Å². The van der Waals surface area contributed by atoms with Gasteiger partial charge in [-0.3, -0.25) is 4.79 Å². The quantitative estimate of drug-likeness (QED) is 0.791. The highest BCUT2D eigenvalue weighted by molar-refractivity contribution is 5.91. The Hall–Kier alpha value is -0.630. The van der Waals surface area contributed by atoms with Gasteiger partial charge in [0.1, 0.15) is 0 Å². The van der Waals surface area contributed by atoms with Crippen molar-refractivity contribution in [3.8, 4) is 0 Å². The van der Waals surface area contributed by atoms with E-state index in [1.807, 2.05) is 6.08 Å². The Kier molecular flexibility index (Phi) is 3.35. The minimum Gasteiger partial charge on any atom is -0.396 e. The zero-order valence-electron chi connectivity index (χ0n) is 14.1. The standard InChI is InChI=1S/C20H30O2/c1-19-9-7-15(22)11-13(19)3-5-16-17-6-4-14(12-21)20(17,2)10-8-18(16)19/h11,14,16-18,21H,3-10,12H2,1-2H3/t14?,16-,17-,18+,19-,20+/m0/s1. The summed E-state index contributed by atoms with van der Waals surface area (Å²) in [5.41, 5.74) is 2.12. The number of allylic oxidation sites excluding steroid dienone is 1. The average molecular weight is 302 g/mol. The van der Waals surface area contributed by atoms with Crippen LogP contribution < -0.4 is 0 Å². The van der Waals surface area contributed by atoms with Gasteiger partial charge in [-0.25, -0.2) is 0 Å². The monoisotopic (exact) mass is 302 g/mol. The molecule has 0 aliphatic heterocycles. The molecular weight excluding hydrogens is 272 g/mol. The SMILES string of the molecule is C[C@]12CCC(=O)C=C1CC[C@@H]1[C@H]2CC[C@]2(C)C(CO)CC[C@@H]12. The number of hydrogen-bond donors (Lipinski definition) is 1. The average Bonchev–Trinajstić information content (AvgIpc) is 2.84. The van der Waals surface area contributed by atoms with Gasteiger partial charge in [-0.1, -0.05) is 19.4 Å². The van der Waals surface area contributed by atoms with Crippen LogP contribution in [0.3, 0.4) is 0 Å². The van der Waals surface area contributed by atoms with Crippen molar-refractivity contribution in [3.63, 3.8) is 0 Å². The molecule has 122 valence electrons. The maximum Gasteiger partial charge on any atom is 0.155 e. The summed E-state index contributed by atoms with van der Waals surface area (Å²) in [4.78, 5) is 11.8. The van der Waals surface area contributed by atoms with Crippen LogP contribution in [0.25, 0.3) is 0 Å². The largest absolute Gasteiger partial charge is 0.396 e. The maximum atomic E-state index is 11.8. The van der Waals surface area contributed by atoms with Gasteiger partial charge >= 0.3 is 0 Å². The summed E-state index contributed by atoms with van der Waals surface area (Å²) in [6.45, 7) is 5.28. The summed E-state index contributed by atoms with van der Waals surface area (Å²) < 4.78 is 0. The topological polar surface area (TPSA) is 37.3 Å². The molecule has 2 nitrogen and oxygen atoms in total. The Morgan fingerprint density at radius 3 is 2.68 bits per heavy atom. The summed E-state index contributed by atoms with van der Waals surface area (Å²) in [7, 11) is 0. The van der Waals surface area contributed by atoms with Crippen LogP contribution in [-0.4, -0.2) is 17.5 Å². The van der Waals surface area contributed by atoms with Crippen LogP contribution >= 0.6 is 0 Å². The van der Waals surface area contributed by atoms with Gasteiger partial charge in [0.15, 0.2) is 5.78 Å². The lowest BCUT2D eigenvalue weighted by molar-refractivity contribution is -0.117. The lowest BCUT2D eigenvalue weighted by atomic mass is 9.47. The van der Waals surface area contributed by atoms with E-state index in [0.717, 1.165) is 37.0 Å². The molecule has 2 heteroatoms. The van der Waals surface area contributed by atoms with Crippen molar-refractivity contribution < 1.29 is 9.90 Å². The number of aliphatic hydroxyl groups excluding tert-OH is 1. The van der Waals surface area contributed by atoms with Gasteiger partial charge in [-0.15, -0.1) is 0 Å². The van der Waals surface area contributed by atoms with Crippen LogP contribution in [0.4, 0.5) is 0 Å². The second-order valence-electron chi connectivity index (χ2n) is 8.97. The summed E-state index contributed by atoms with van der Waals surface area (Å²) in [5.74, 6) is 3.28. The molecule has 0 aromatic carbocycles. The maximum absolute atomic E-state index is 11.8. The zero-order valence-corrected chi connectivity index (χ0v) is 14.1. The van der Waals surface area contributed by atoms with Crippen molar-refractivity contribution in [1.29, 1.82) is 0 Å². The molecule has 0 heterocycles. The predicted octanol–water partition coefficient (Wildman–Crippen LogP) is 4.13. The van der Waals surface area contributed by atoms with Crippen molar-refractivity contribution in [2.45, 2.75) is 65.2 Å². The molecular formula is C20H30O2. The third kappa shape index (κ3) is 1.85. The van der Waals surface area contributed by atoms with Gasteiger partial charge in [-0.2, -0.15) is 0 Å². The van der Waals surface area contributed by atoms with Gasteiger partial charge < -0.3 is 5.11 Å². The Bertz CT molecular complexity index is 522. The molecule has 4 rings (SSSR count). The summed E-state index contributed by atoms with van der Waals surface area (Å²) in [6, 6.07) is 0. The Morgan fingerprint density at radius 2 is 1.91 bits per heavy atom. The fraction of sp³-hybridized carbons (Fsp3) is 0.850. The first-order valence-corrected chi connectivity index (χ1v) is 9.34. The highest BCUT2D eigenvalue weighted by Gasteiger charge is 2.58. The van der Waals surface area contributed by atoms with Crippen LogP contribution in [0.2, 0.25) is 0 Å². The van der Waals surface area contributed by atoms with Crippen LogP contribution in [-0.2, 0) is 4.79 Å². The molecule has 22 heavy (non-hydrogen) atoms. The molecule has 0 spiro atoms. The van der Waals surface area contributed by atoms with Crippen LogP contribution in [0.15, 0.2) is 11.6 Å². The summed E-state index contributed by atoms with van der Waals surface area (Å²) >= 11 is 0. The number of hydrogen-bond acceptors (Lipinski definition) is 2. The van der Waals surface area contributed by atoms with Crippen molar-refractivity contribution in [3.05, 3.63) is 11.6 Å². The van der Waals surface area contributed by atoms with Gasteiger partial charge in [0.2, 0.25) is 0 Å². The number of ketones is 1. The molecule has 0 radical (unpaired) electrons. The fourth-order valence-electron chi connectivity index (χ4n) is 6.97. The number of carbonyl (C=O) groups is 1. The molecule has 0 aromatic heterocycles. The van der Waals surface area contributed by atoms with Crippen LogP contribution in [0.5, 0.6) is 0 Å². The molecule has 0 saturated heterocycles. The first kappa shape index (κ1) is 14.9. The lowest BCUT2D eigenvalue weighted by Gasteiger charge is -2.58. The molecule has 4 aliphatic rings. The lowest BCUT2D eigenvalue weighted by Crippen LogP contribution is -2.50.